The summed E-state index contributed by atoms with van der Waals surface area (Å²) in [6.45, 7) is 10.4. The van der Waals surface area contributed by atoms with Crippen LogP contribution < -0.4 is 16.2 Å². The summed E-state index contributed by atoms with van der Waals surface area (Å²) in [5, 5.41) is 11.3. The number of amidine groups is 1. The number of carbonyl (C=O) groups is 2. The zero-order chi connectivity index (χ0) is 30.1. The molecule has 0 saturated heterocycles. The number of carbonyl (C=O) groups excluding carboxylic acids is 2. The first-order valence-electron chi connectivity index (χ1n) is 13.5. The number of hydrogen-bond donors (Lipinski definition) is 2. The van der Waals surface area contributed by atoms with Gasteiger partial charge in [-0.1, -0.05) is 0 Å². The second-order valence-corrected chi connectivity index (χ2v) is 11.4. The topological polar surface area (TPSA) is 130 Å². The lowest BCUT2D eigenvalue weighted by Gasteiger charge is -2.36. The van der Waals surface area contributed by atoms with E-state index in [1.54, 1.807) is 53.1 Å². The fourth-order valence-electron chi connectivity index (χ4n) is 4.67. The van der Waals surface area contributed by atoms with Crippen LogP contribution in [0.15, 0.2) is 56.5 Å². The molecule has 0 spiro atoms. The molecule has 2 atom stereocenters. The number of pyridine rings is 1. The Kier molecular flexibility index (Phi) is 8.66. The van der Waals surface area contributed by atoms with Crippen LogP contribution >= 0.6 is 0 Å². The van der Waals surface area contributed by atoms with Crippen molar-refractivity contribution in [2.75, 3.05) is 19.5 Å². The number of aromatic nitrogens is 1. The lowest BCUT2D eigenvalue weighted by atomic mass is 9.89. The molecule has 1 aliphatic heterocycles. The summed E-state index contributed by atoms with van der Waals surface area (Å²) < 4.78 is 25.9. The third-order valence-electron chi connectivity index (χ3n) is 7.25. The predicted molar refractivity (Wildman–Crippen MR) is 153 cm³/mol. The minimum Gasteiger partial charge on any atom is -0.443 e. The maximum atomic E-state index is 13.5. The monoisotopic (exact) mass is 571 g/mol. The number of nitrogens with one attached hydrogen (secondary N) is 2. The van der Waals surface area contributed by atoms with E-state index >= 15 is 0 Å². The van der Waals surface area contributed by atoms with Crippen LogP contribution in [0.25, 0.3) is 0 Å². The van der Waals surface area contributed by atoms with Crippen molar-refractivity contribution in [2.45, 2.75) is 83.3 Å². The number of hydrazone groups is 1. The van der Waals surface area contributed by atoms with Gasteiger partial charge in [-0.3, -0.25) is 14.5 Å². The van der Waals surface area contributed by atoms with Crippen molar-refractivity contribution in [1.82, 2.24) is 19.8 Å². The Morgan fingerprint density at radius 3 is 2.54 bits per heavy atom. The van der Waals surface area contributed by atoms with Crippen molar-refractivity contribution in [3.05, 3.63) is 52.0 Å². The molecule has 41 heavy (non-hydrogen) atoms. The highest BCUT2D eigenvalue weighted by molar-refractivity contribution is 6.06. The fraction of sp³-hybridized carbons (Fsp3) is 0.536. The SMILES string of the molecule is C=NN1C(N(C)C(=O)OC(C)(C)C)=CC(Nc2cccn([C@H]3C[C@H](F)C3)c2=O)=N/C1=C(/C)C(=O)NC1CC[C@@H]1OC. The Labute approximate surface area is 238 Å². The van der Waals surface area contributed by atoms with Gasteiger partial charge in [-0.2, -0.15) is 10.1 Å². The Balaban J connectivity index is 1.72. The maximum absolute atomic E-state index is 13.5. The van der Waals surface area contributed by atoms with Crippen LogP contribution in [-0.2, 0) is 14.3 Å². The third-order valence-corrected chi connectivity index (χ3v) is 7.25. The van der Waals surface area contributed by atoms with Gasteiger partial charge < -0.3 is 24.7 Å². The summed E-state index contributed by atoms with van der Waals surface area (Å²) >= 11 is 0. The molecule has 2 fully saturated rings. The molecule has 222 valence electrons. The number of ether oxygens (including phenoxy) is 2. The normalized spacial score (nSPS) is 25.1. The van der Waals surface area contributed by atoms with Gasteiger partial charge in [0.2, 0.25) is 0 Å². The van der Waals surface area contributed by atoms with Crippen molar-refractivity contribution < 1.29 is 23.5 Å². The van der Waals surface area contributed by atoms with Gasteiger partial charge in [-0.25, -0.2) is 14.2 Å². The Bertz CT molecular complexity index is 1350. The number of anilines is 1. The number of amides is 2. The van der Waals surface area contributed by atoms with E-state index in [-0.39, 0.29) is 65.3 Å². The number of rotatable bonds is 7. The third kappa shape index (κ3) is 6.50. The average Bonchev–Trinajstić information content (AvgIpc) is 2.88. The van der Waals surface area contributed by atoms with Gasteiger partial charge in [-0.05, 0) is 65.5 Å². The smallest absolute Gasteiger partial charge is 0.415 e. The molecule has 13 heteroatoms. The largest absolute Gasteiger partial charge is 0.443 e. The van der Waals surface area contributed by atoms with Crippen LogP contribution in [0.1, 0.15) is 59.4 Å². The standard InChI is InChI=1S/C28H38FN7O5/c1-16(25(37)32-19-10-11-21(19)40-7)24-33-22(15-23(36(24)30-5)34(6)27(39)41-28(2,3)4)31-20-9-8-12-35(26(20)38)18-13-17(29)14-18/h8-9,12,15,17-19,21H,5,10-11,13-14H2,1-4,6-7H3,(H,31,33)(H,32,37)/b24-16+/t17-,18-,19?,21-/m0/s1. The molecule has 2 saturated carbocycles. The molecule has 2 N–H and O–H groups in total. The predicted octanol–water partition coefficient (Wildman–Crippen LogP) is 3.50. The highest BCUT2D eigenvalue weighted by Crippen LogP contribution is 2.34. The molecule has 2 heterocycles. The summed E-state index contributed by atoms with van der Waals surface area (Å²) in [5.41, 5.74) is -0.715. The van der Waals surface area contributed by atoms with Crippen molar-refractivity contribution in [3.63, 3.8) is 0 Å². The molecule has 1 aromatic heterocycles. The first kappa shape index (κ1) is 30.0. The summed E-state index contributed by atoms with van der Waals surface area (Å²) in [5.74, 6) is 0.0553. The first-order valence-corrected chi connectivity index (χ1v) is 13.5. The highest BCUT2D eigenvalue weighted by atomic mass is 19.1. The second kappa shape index (κ2) is 11.9. The van der Waals surface area contributed by atoms with Gasteiger partial charge in [0.15, 0.2) is 5.82 Å². The van der Waals surface area contributed by atoms with E-state index in [1.807, 2.05) is 0 Å². The van der Waals surface area contributed by atoms with Crippen molar-refractivity contribution in [3.8, 4) is 0 Å². The van der Waals surface area contributed by atoms with E-state index in [0.717, 1.165) is 12.8 Å². The minimum absolute atomic E-state index is 0.0742. The molecule has 1 aromatic rings. The Morgan fingerprint density at radius 1 is 1.27 bits per heavy atom. The van der Waals surface area contributed by atoms with Gasteiger partial charge >= 0.3 is 6.09 Å². The highest BCUT2D eigenvalue weighted by Gasteiger charge is 2.35. The number of methoxy groups -OCH3 is 1. The van der Waals surface area contributed by atoms with Crippen LogP contribution in [0.4, 0.5) is 14.9 Å². The maximum Gasteiger partial charge on any atom is 0.415 e. The summed E-state index contributed by atoms with van der Waals surface area (Å²) in [6, 6.07) is 2.91. The Morgan fingerprint density at radius 2 is 1.98 bits per heavy atom. The average molecular weight is 572 g/mol. The Hall–Kier alpha value is -4.00. The molecular weight excluding hydrogens is 533 g/mol. The zero-order valence-electron chi connectivity index (χ0n) is 24.3. The van der Waals surface area contributed by atoms with Gasteiger partial charge in [0.25, 0.3) is 11.5 Å². The number of halogens is 1. The summed E-state index contributed by atoms with van der Waals surface area (Å²) in [4.78, 5) is 45.3. The molecule has 4 rings (SSSR count). The van der Waals surface area contributed by atoms with Crippen molar-refractivity contribution >= 4 is 30.2 Å². The zero-order valence-corrected chi connectivity index (χ0v) is 24.3. The molecule has 3 aliphatic rings. The lowest BCUT2D eigenvalue weighted by Crippen LogP contribution is -2.51. The van der Waals surface area contributed by atoms with Crippen LogP contribution in [0.2, 0.25) is 0 Å². The molecule has 2 amide bonds. The fourth-order valence-corrected chi connectivity index (χ4v) is 4.67. The minimum atomic E-state index is -0.918. The van der Waals surface area contributed by atoms with Crippen molar-refractivity contribution in [2.24, 2.45) is 10.1 Å². The number of nitrogens with zero attached hydrogens (tertiary/aromatic N) is 5. The van der Waals surface area contributed by atoms with Crippen LogP contribution in [0, 0.1) is 0 Å². The number of aliphatic imine (C=N–C) groups is 1. The van der Waals surface area contributed by atoms with Crippen LogP contribution in [-0.4, -0.2) is 77.1 Å². The van der Waals surface area contributed by atoms with E-state index in [9.17, 15) is 18.8 Å². The quantitative estimate of drug-likeness (QED) is 0.379. The first-order chi connectivity index (χ1) is 19.3. The summed E-state index contributed by atoms with van der Waals surface area (Å²) in [7, 11) is 3.09. The number of hydrogen-bond acceptors (Lipinski definition) is 9. The van der Waals surface area contributed by atoms with Gasteiger partial charge in [0.1, 0.15) is 29.1 Å². The van der Waals surface area contributed by atoms with Gasteiger partial charge in [-0.15, -0.1) is 0 Å². The molecule has 1 unspecified atom stereocenters. The van der Waals surface area contributed by atoms with E-state index in [2.05, 4.69) is 27.4 Å². The lowest BCUT2D eigenvalue weighted by molar-refractivity contribution is -0.120. The molecule has 0 aromatic carbocycles. The van der Waals surface area contributed by atoms with Crippen LogP contribution in [0.3, 0.4) is 0 Å². The summed E-state index contributed by atoms with van der Waals surface area (Å²) in [6.07, 6.45) is 3.64. The molecule has 12 nitrogen and oxygen atoms in total. The molecular formula is C28H38FN7O5. The van der Waals surface area contributed by atoms with E-state index in [1.165, 1.54) is 27.6 Å². The van der Waals surface area contributed by atoms with Crippen molar-refractivity contribution in [1.29, 1.82) is 0 Å². The molecule has 2 aliphatic carbocycles. The van der Waals surface area contributed by atoms with E-state index < -0.39 is 23.8 Å². The van der Waals surface area contributed by atoms with E-state index in [0.29, 0.717) is 0 Å². The van der Waals surface area contributed by atoms with Gasteiger partial charge in [0, 0.05) is 39.2 Å². The molecule has 0 bridgehead atoms. The number of alkyl halides is 1. The van der Waals surface area contributed by atoms with Gasteiger partial charge in [0.05, 0.1) is 17.7 Å². The van der Waals surface area contributed by atoms with Crippen LogP contribution in [0.5, 0.6) is 0 Å². The molecule has 0 radical (unpaired) electrons. The second-order valence-electron chi connectivity index (χ2n) is 11.4. The van der Waals surface area contributed by atoms with E-state index in [4.69, 9.17) is 9.47 Å².